The fourth-order valence-corrected chi connectivity index (χ4v) is 5.63. The first-order chi connectivity index (χ1) is 15.1. The minimum absolute atomic E-state index is 0.0298. The van der Waals surface area contributed by atoms with Crippen LogP contribution in [0.25, 0.3) is 11.4 Å². The van der Waals surface area contributed by atoms with E-state index >= 15 is 0 Å². The van der Waals surface area contributed by atoms with E-state index in [1.165, 1.54) is 0 Å². The standard InChI is InChI=1S/C26H29N3O2/c1-3-29(16-18-9-5-4-6-10-18)26(30)23-20-13-12-19(15-20)22(23)25-27-24(28-31-25)21-11-7-8-17(2)14-21/h4-11,14,19-20,22-23H,3,12-13,15-16H2,1-2H3/t19-,20+,22+,23+/m1/s1. The Balaban J connectivity index is 1.41. The fraction of sp³-hybridized carbons (Fsp3) is 0.423. The molecule has 2 bridgehead atoms. The van der Waals surface area contributed by atoms with Crippen LogP contribution in [-0.4, -0.2) is 27.5 Å². The van der Waals surface area contributed by atoms with Crippen molar-refractivity contribution >= 4 is 5.91 Å². The number of carbonyl (C=O) groups excluding carboxylic acids is 1. The predicted molar refractivity (Wildman–Crippen MR) is 119 cm³/mol. The van der Waals surface area contributed by atoms with Gasteiger partial charge < -0.3 is 9.42 Å². The van der Waals surface area contributed by atoms with Crippen molar-refractivity contribution in [1.29, 1.82) is 0 Å². The largest absolute Gasteiger partial charge is 0.339 e. The van der Waals surface area contributed by atoms with Crippen molar-refractivity contribution in [2.75, 3.05) is 6.54 Å². The van der Waals surface area contributed by atoms with Gasteiger partial charge in [0.25, 0.3) is 0 Å². The van der Waals surface area contributed by atoms with Gasteiger partial charge in [-0.05, 0) is 56.6 Å². The molecule has 0 N–H and O–H groups in total. The van der Waals surface area contributed by atoms with Crippen LogP contribution in [-0.2, 0) is 11.3 Å². The molecule has 0 unspecified atom stereocenters. The van der Waals surface area contributed by atoms with Gasteiger partial charge in [0.2, 0.25) is 17.6 Å². The van der Waals surface area contributed by atoms with Gasteiger partial charge in [-0.15, -0.1) is 0 Å². The number of hydrogen-bond donors (Lipinski definition) is 0. The molecule has 31 heavy (non-hydrogen) atoms. The maximum Gasteiger partial charge on any atom is 0.231 e. The molecule has 1 heterocycles. The van der Waals surface area contributed by atoms with E-state index in [-0.39, 0.29) is 17.7 Å². The van der Waals surface area contributed by atoms with Crippen LogP contribution < -0.4 is 0 Å². The van der Waals surface area contributed by atoms with E-state index < -0.39 is 0 Å². The number of nitrogens with zero attached hydrogens (tertiary/aromatic N) is 3. The Kier molecular flexibility index (Phi) is 5.34. The second-order valence-corrected chi connectivity index (χ2v) is 9.05. The maximum absolute atomic E-state index is 13.7. The summed E-state index contributed by atoms with van der Waals surface area (Å²) >= 11 is 0. The summed E-state index contributed by atoms with van der Waals surface area (Å²) in [5.41, 5.74) is 3.29. The average molecular weight is 416 g/mol. The van der Waals surface area contributed by atoms with E-state index in [1.807, 2.05) is 35.2 Å². The normalized spacial score (nSPS) is 24.5. The number of aromatic nitrogens is 2. The summed E-state index contributed by atoms with van der Waals surface area (Å²) in [6.45, 7) is 5.47. The van der Waals surface area contributed by atoms with Gasteiger partial charge in [0.1, 0.15) is 0 Å². The first kappa shape index (κ1) is 20.0. The lowest BCUT2D eigenvalue weighted by Gasteiger charge is -2.32. The molecule has 4 atom stereocenters. The summed E-state index contributed by atoms with van der Waals surface area (Å²) in [4.78, 5) is 20.5. The Bertz CT molecular complexity index is 1060. The SMILES string of the molecule is CCN(Cc1ccccc1)C(=O)[C@H]1[C@H]2CC[C@H](C2)[C@@H]1c1nc(-c2cccc(C)c2)no1. The van der Waals surface area contributed by atoms with Crippen LogP contribution in [0, 0.1) is 24.7 Å². The van der Waals surface area contributed by atoms with Gasteiger partial charge in [-0.2, -0.15) is 4.98 Å². The van der Waals surface area contributed by atoms with Crippen molar-refractivity contribution in [3.8, 4) is 11.4 Å². The van der Waals surface area contributed by atoms with Crippen molar-refractivity contribution in [2.24, 2.45) is 17.8 Å². The second kappa shape index (κ2) is 8.29. The highest BCUT2D eigenvalue weighted by Gasteiger charge is 2.54. The quantitative estimate of drug-likeness (QED) is 0.554. The van der Waals surface area contributed by atoms with Crippen LogP contribution >= 0.6 is 0 Å². The Morgan fingerprint density at radius 3 is 2.68 bits per heavy atom. The first-order valence-corrected chi connectivity index (χ1v) is 11.4. The first-order valence-electron chi connectivity index (χ1n) is 11.4. The molecule has 5 heteroatoms. The Hall–Kier alpha value is -2.95. The molecular weight excluding hydrogens is 386 g/mol. The van der Waals surface area contributed by atoms with Gasteiger partial charge in [-0.25, -0.2) is 0 Å². The van der Waals surface area contributed by atoms with Gasteiger partial charge >= 0.3 is 0 Å². The lowest BCUT2D eigenvalue weighted by Crippen LogP contribution is -2.40. The van der Waals surface area contributed by atoms with Crippen LogP contribution in [0.4, 0.5) is 0 Å². The smallest absolute Gasteiger partial charge is 0.231 e. The van der Waals surface area contributed by atoms with E-state index in [9.17, 15) is 4.79 Å². The van der Waals surface area contributed by atoms with Crippen molar-refractivity contribution in [1.82, 2.24) is 15.0 Å². The van der Waals surface area contributed by atoms with E-state index in [4.69, 9.17) is 9.51 Å². The minimum Gasteiger partial charge on any atom is -0.339 e. The maximum atomic E-state index is 13.7. The van der Waals surface area contributed by atoms with E-state index in [1.54, 1.807) is 0 Å². The summed E-state index contributed by atoms with van der Waals surface area (Å²) in [5, 5.41) is 4.27. The number of rotatable bonds is 6. The molecule has 0 aliphatic heterocycles. The second-order valence-electron chi connectivity index (χ2n) is 9.05. The highest BCUT2D eigenvalue weighted by Crippen LogP contribution is 2.57. The average Bonchev–Trinajstić information content (AvgIpc) is 3.53. The molecule has 2 aliphatic carbocycles. The van der Waals surface area contributed by atoms with E-state index in [0.29, 0.717) is 36.6 Å². The Labute approximate surface area is 183 Å². The molecular formula is C26H29N3O2. The van der Waals surface area contributed by atoms with Gasteiger partial charge in [-0.1, -0.05) is 59.3 Å². The Morgan fingerprint density at radius 1 is 1.10 bits per heavy atom. The number of fused-ring (bicyclic) bond motifs is 2. The number of aryl methyl sites for hydroxylation is 1. The summed E-state index contributed by atoms with van der Waals surface area (Å²) < 4.78 is 5.78. The summed E-state index contributed by atoms with van der Waals surface area (Å²) in [5.74, 6) is 2.33. The molecule has 160 valence electrons. The number of benzene rings is 2. The molecule has 2 fully saturated rings. The van der Waals surface area contributed by atoms with Crippen LogP contribution in [0.1, 0.15) is 49.1 Å². The molecule has 2 aliphatic rings. The predicted octanol–water partition coefficient (Wildman–Crippen LogP) is 5.22. The molecule has 5 nitrogen and oxygen atoms in total. The third kappa shape index (κ3) is 3.78. The van der Waals surface area contributed by atoms with Crippen molar-refractivity contribution in [2.45, 2.75) is 45.6 Å². The lowest BCUT2D eigenvalue weighted by molar-refractivity contribution is -0.138. The molecule has 0 saturated heterocycles. The number of hydrogen-bond acceptors (Lipinski definition) is 4. The molecule has 5 rings (SSSR count). The topological polar surface area (TPSA) is 59.2 Å². The van der Waals surface area contributed by atoms with Crippen LogP contribution in [0.3, 0.4) is 0 Å². The van der Waals surface area contributed by atoms with E-state index in [2.05, 4.69) is 43.3 Å². The zero-order valence-corrected chi connectivity index (χ0v) is 18.2. The van der Waals surface area contributed by atoms with Crippen LogP contribution in [0.15, 0.2) is 59.1 Å². The van der Waals surface area contributed by atoms with Gasteiger partial charge in [0, 0.05) is 18.7 Å². The van der Waals surface area contributed by atoms with Gasteiger partial charge in [0.05, 0.1) is 11.8 Å². The van der Waals surface area contributed by atoms with Gasteiger partial charge in [-0.3, -0.25) is 4.79 Å². The number of carbonyl (C=O) groups is 1. The highest BCUT2D eigenvalue weighted by atomic mass is 16.5. The van der Waals surface area contributed by atoms with Crippen molar-refractivity contribution in [3.05, 3.63) is 71.6 Å². The van der Waals surface area contributed by atoms with Crippen LogP contribution in [0.2, 0.25) is 0 Å². The molecule has 2 aromatic carbocycles. The third-order valence-electron chi connectivity index (χ3n) is 7.11. The minimum atomic E-state index is -0.0618. The molecule has 3 aromatic rings. The summed E-state index contributed by atoms with van der Waals surface area (Å²) in [7, 11) is 0. The molecule has 0 spiro atoms. The number of amides is 1. The molecule has 1 amide bonds. The van der Waals surface area contributed by atoms with E-state index in [0.717, 1.165) is 36.0 Å². The van der Waals surface area contributed by atoms with Crippen LogP contribution in [0.5, 0.6) is 0 Å². The zero-order chi connectivity index (χ0) is 21.4. The zero-order valence-electron chi connectivity index (χ0n) is 18.2. The fourth-order valence-electron chi connectivity index (χ4n) is 5.63. The highest BCUT2D eigenvalue weighted by molar-refractivity contribution is 5.81. The molecule has 0 radical (unpaired) electrons. The summed E-state index contributed by atoms with van der Waals surface area (Å²) in [6, 6.07) is 18.4. The third-order valence-corrected chi connectivity index (χ3v) is 7.11. The summed E-state index contributed by atoms with van der Waals surface area (Å²) in [6.07, 6.45) is 3.36. The molecule has 2 saturated carbocycles. The van der Waals surface area contributed by atoms with Crippen molar-refractivity contribution in [3.63, 3.8) is 0 Å². The Morgan fingerprint density at radius 2 is 1.90 bits per heavy atom. The van der Waals surface area contributed by atoms with Crippen molar-refractivity contribution < 1.29 is 9.32 Å². The lowest BCUT2D eigenvalue weighted by atomic mass is 9.78. The molecule has 1 aromatic heterocycles. The van der Waals surface area contributed by atoms with Gasteiger partial charge in [0.15, 0.2) is 0 Å². The monoisotopic (exact) mass is 415 g/mol.